The number of amides is 2. The van der Waals surface area contributed by atoms with E-state index < -0.39 is 15.4 Å². The molecule has 0 spiro atoms. The highest BCUT2D eigenvalue weighted by molar-refractivity contribution is 8.01. The number of rotatable bonds is 4. The number of sulfone groups is 1. The number of hydrogen-bond donors (Lipinski definition) is 2. The topological polar surface area (TPSA) is 92.3 Å². The molecule has 2 N–H and O–H groups in total. The predicted molar refractivity (Wildman–Crippen MR) is 99.5 cm³/mol. The van der Waals surface area contributed by atoms with Crippen molar-refractivity contribution in [2.45, 2.75) is 37.0 Å². The van der Waals surface area contributed by atoms with Crippen molar-refractivity contribution in [2.75, 3.05) is 22.6 Å². The third-order valence-electron chi connectivity index (χ3n) is 4.60. The molecular formula is C17H22N2O4S2. The van der Waals surface area contributed by atoms with Crippen molar-refractivity contribution in [1.29, 1.82) is 0 Å². The van der Waals surface area contributed by atoms with E-state index in [-0.39, 0.29) is 34.3 Å². The first-order chi connectivity index (χ1) is 11.8. The summed E-state index contributed by atoms with van der Waals surface area (Å²) in [5.41, 5.74) is 1.24. The lowest BCUT2D eigenvalue weighted by molar-refractivity contribution is -0.120. The Morgan fingerprint density at radius 2 is 2.16 bits per heavy atom. The molecule has 1 aromatic carbocycles. The third-order valence-corrected chi connectivity index (χ3v) is 7.79. The molecular weight excluding hydrogens is 360 g/mol. The number of fused-ring (bicyclic) bond motifs is 1. The molecule has 25 heavy (non-hydrogen) atoms. The molecule has 2 amide bonds. The highest BCUT2D eigenvalue weighted by Crippen LogP contribution is 2.27. The molecule has 2 heterocycles. The van der Waals surface area contributed by atoms with Crippen molar-refractivity contribution in [3.05, 3.63) is 29.8 Å². The first kappa shape index (κ1) is 18.3. The number of nitrogens with one attached hydrogen (secondary N) is 2. The largest absolute Gasteiger partial charge is 0.349 e. The second-order valence-corrected chi connectivity index (χ2v) is 10.3. The summed E-state index contributed by atoms with van der Waals surface area (Å²) < 4.78 is 23.2. The van der Waals surface area contributed by atoms with Gasteiger partial charge in [0.25, 0.3) is 0 Å². The molecule has 2 atom stereocenters. The van der Waals surface area contributed by atoms with Crippen molar-refractivity contribution in [1.82, 2.24) is 5.32 Å². The molecule has 1 aromatic rings. The van der Waals surface area contributed by atoms with Crippen molar-refractivity contribution >= 4 is 39.1 Å². The van der Waals surface area contributed by atoms with Crippen molar-refractivity contribution in [3.63, 3.8) is 0 Å². The van der Waals surface area contributed by atoms with Gasteiger partial charge in [-0.15, -0.1) is 11.8 Å². The standard InChI is InChI=1S/C17H22N2O4S2/c1-17(8-9-25(22,23)11-17)19-15(20)10-24-14-7-6-12-4-2-3-5-13(12)18-16(14)21/h2-5,14H,6-11H2,1H3,(H,18,21)(H,19,20)/t14-,17+/m0/s1. The maximum Gasteiger partial charge on any atom is 0.237 e. The van der Waals surface area contributed by atoms with E-state index in [1.165, 1.54) is 11.8 Å². The number of hydrogen-bond acceptors (Lipinski definition) is 5. The lowest BCUT2D eigenvalue weighted by Gasteiger charge is -2.24. The van der Waals surface area contributed by atoms with Crippen LogP contribution in [0.3, 0.4) is 0 Å². The molecule has 1 fully saturated rings. The zero-order chi connectivity index (χ0) is 18.1. The summed E-state index contributed by atoms with van der Waals surface area (Å²) in [4.78, 5) is 24.5. The van der Waals surface area contributed by atoms with E-state index >= 15 is 0 Å². The van der Waals surface area contributed by atoms with Gasteiger partial charge in [-0.05, 0) is 37.8 Å². The molecule has 0 radical (unpaired) electrons. The first-order valence-electron chi connectivity index (χ1n) is 8.28. The van der Waals surface area contributed by atoms with Crippen molar-refractivity contribution in [2.24, 2.45) is 0 Å². The van der Waals surface area contributed by atoms with Gasteiger partial charge in [-0.25, -0.2) is 8.42 Å². The van der Waals surface area contributed by atoms with Gasteiger partial charge in [0.1, 0.15) is 0 Å². The lowest BCUT2D eigenvalue weighted by Crippen LogP contribution is -2.47. The summed E-state index contributed by atoms with van der Waals surface area (Å²) >= 11 is 1.31. The molecule has 0 unspecified atom stereocenters. The second-order valence-electron chi connectivity index (χ2n) is 6.94. The Kier molecular flexibility index (Phi) is 5.11. The van der Waals surface area contributed by atoms with Crippen LogP contribution >= 0.6 is 11.8 Å². The minimum atomic E-state index is -3.06. The van der Waals surface area contributed by atoms with E-state index in [0.29, 0.717) is 12.8 Å². The van der Waals surface area contributed by atoms with Crippen LogP contribution in [0.5, 0.6) is 0 Å². The van der Waals surface area contributed by atoms with Gasteiger partial charge in [0.15, 0.2) is 9.84 Å². The van der Waals surface area contributed by atoms with E-state index in [4.69, 9.17) is 0 Å². The minimum Gasteiger partial charge on any atom is -0.349 e. The van der Waals surface area contributed by atoms with Crippen LogP contribution in [-0.2, 0) is 25.8 Å². The lowest BCUT2D eigenvalue weighted by atomic mass is 10.0. The van der Waals surface area contributed by atoms with Crippen LogP contribution in [0.15, 0.2) is 24.3 Å². The van der Waals surface area contributed by atoms with Gasteiger partial charge >= 0.3 is 0 Å². The zero-order valence-corrected chi connectivity index (χ0v) is 15.7. The highest BCUT2D eigenvalue weighted by Gasteiger charge is 2.39. The third kappa shape index (κ3) is 4.55. The normalized spacial score (nSPS) is 27.9. The van der Waals surface area contributed by atoms with Gasteiger partial charge in [-0.1, -0.05) is 18.2 Å². The Morgan fingerprint density at radius 3 is 2.88 bits per heavy atom. The van der Waals surface area contributed by atoms with Crippen molar-refractivity contribution in [3.8, 4) is 0 Å². The molecule has 6 nitrogen and oxygen atoms in total. The fourth-order valence-electron chi connectivity index (χ4n) is 3.31. The van der Waals surface area contributed by atoms with Crippen molar-refractivity contribution < 1.29 is 18.0 Å². The maximum absolute atomic E-state index is 12.3. The minimum absolute atomic E-state index is 0.0182. The number of aryl methyl sites for hydroxylation is 1. The Hall–Kier alpha value is -1.54. The fourth-order valence-corrected chi connectivity index (χ4v) is 6.32. The average molecular weight is 383 g/mol. The zero-order valence-electron chi connectivity index (χ0n) is 14.1. The van der Waals surface area contributed by atoms with Gasteiger partial charge < -0.3 is 10.6 Å². The van der Waals surface area contributed by atoms with Gasteiger partial charge in [0.2, 0.25) is 11.8 Å². The van der Waals surface area contributed by atoms with E-state index in [1.807, 2.05) is 24.3 Å². The quantitative estimate of drug-likeness (QED) is 0.820. The summed E-state index contributed by atoms with van der Waals surface area (Å²) in [6, 6.07) is 7.71. The highest BCUT2D eigenvalue weighted by atomic mass is 32.2. The molecule has 0 bridgehead atoms. The first-order valence-corrected chi connectivity index (χ1v) is 11.2. The number of para-hydroxylation sites is 1. The monoisotopic (exact) mass is 382 g/mol. The summed E-state index contributed by atoms with van der Waals surface area (Å²) in [5, 5.41) is 5.45. The predicted octanol–water partition coefficient (Wildman–Crippen LogP) is 1.37. The van der Waals surface area contributed by atoms with E-state index in [1.54, 1.807) is 6.92 Å². The Morgan fingerprint density at radius 1 is 1.40 bits per heavy atom. The van der Waals surface area contributed by atoms with Gasteiger partial charge in [-0.2, -0.15) is 0 Å². The molecule has 0 saturated carbocycles. The SMILES string of the molecule is C[C@@]1(NC(=O)CS[C@H]2CCc3ccccc3NC2=O)CCS(=O)(=O)C1. The molecule has 8 heteroatoms. The molecule has 0 aromatic heterocycles. The van der Waals surface area contributed by atoms with Crippen LogP contribution in [0.4, 0.5) is 5.69 Å². The summed E-state index contributed by atoms with van der Waals surface area (Å²) in [5.74, 6) is -0.0727. The van der Waals surface area contributed by atoms with E-state index in [2.05, 4.69) is 10.6 Å². The number of anilines is 1. The molecule has 136 valence electrons. The number of carbonyl (C=O) groups is 2. The number of thioether (sulfide) groups is 1. The Labute approximate surface area is 152 Å². The van der Waals surface area contributed by atoms with Crippen LogP contribution in [0.1, 0.15) is 25.3 Å². The molecule has 0 aliphatic carbocycles. The summed E-state index contributed by atoms with van der Waals surface area (Å²) in [6.07, 6.45) is 1.89. The van der Waals surface area contributed by atoms with Crippen LogP contribution in [0, 0.1) is 0 Å². The maximum atomic E-state index is 12.3. The van der Waals surface area contributed by atoms with E-state index in [9.17, 15) is 18.0 Å². The second kappa shape index (κ2) is 6.99. The van der Waals surface area contributed by atoms with Crippen LogP contribution in [0.2, 0.25) is 0 Å². The van der Waals surface area contributed by atoms with Crippen LogP contribution < -0.4 is 10.6 Å². The van der Waals surface area contributed by atoms with Gasteiger partial charge in [0, 0.05) is 5.69 Å². The van der Waals surface area contributed by atoms with Gasteiger partial charge in [0.05, 0.1) is 28.0 Å². The van der Waals surface area contributed by atoms with Crippen LogP contribution in [-0.4, -0.2) is 48.3 Å². The molecule has 1 saturated heterocycles. The fraction of sp³-hybridized carbons (Fsp3) is 0.529. The number of benzene rings is 1. The molecule has 2 aliphatic heterocycles. The van der Waals surface area contributed by atoms with E-state index in [0.717, 1.165) is 17.7 Å². The van der Waals surface area contributed by atoms with Crippen LogP contribution in [0.25, 0.3) is 0 Å². The van der Waals surface area contributed by atoms with Gasteiger partial charge in [-0.3, -0.25) is 9.59 Å². The Balaban J connectivity index is 1.53. The molecule has 2 aliphatic rings. The smallest absolute Gasteiger partial charge is 0.237 e. The molecule has 3 rings (SSSR count). The average Bonchev–Trinajstić information content (AvgIpc) is 2.71. The number of carbonyl (C=O) groups excluding carboxylic acids is 2. The summed E-state index contributed by atoms with van der Waals surface area (Å²) in [7, 11) is -3.06. The Bertz CT molecular complexity index is 794. The summed E-state index contributed by atoms with van der Waals surface area (Å²) in [6.45, 7) is 1.76.